The number of hydrogen-bond donors (Lipinski definition) is 1. The molecule has 7 heteroatoms. The van der Waals surface area contributed by atoms with Crippen LogP contribution >= 0.6 is 0 Å². The van der Waals surface area contributed by atoms with Gasteiger partial charge in [0, 0.05) is 31.4 Å². The topological polar surface area (TPSA) is 80.8 Å². The molecule has 0 spiro atoms. The van der Waals surface area contributed by atoms with E-state index in [4.69, 9.17) is 9.47 Å². The zero-order valence-corrected chi connectivity index (χ0v) is 14.8. The van der Waals surface area contributed by atoms with Crippen LogP contribution in [0.5, 0.6) is 11.5 Å². The van der Waals surface area contributed by atoms with Gasteiger partial charge in [0.25, 0.3) is 11.8 Å². The van der Waals surface area contributed by atoms with E-state index in [0.29, 0.717) is 36.7 Å². The van der Waals surface area contributed by atoms with Crippen molar-refractivity contribution < 1.29 is 19.1 Å². The first-order valence-electron chi connectivity index (χ1n) is 8.54. The summed E-state index contributed by atoms with van der Waals surface area (Å²) in [5.41, 5.74) is 1.55. The monoisotopic (exact) mass is 355 g/mol. The van der Waals surface area contributed by atoms with Crippen molar-refractivity contribution in [3.8, 4) is 11.5 Å². The summed E-state index contributed by atoms with van der Waals surface area (Å²) >= 11 is 0. The van der Waals surface area contributed by atoms with E-state index in [0.717, 1.165) is 5.56 Å². The quantitative estimate of drug-likeness (QED) is 0.859. The molecule has 0 radical (unpaired) electrons. The second-order valence-electron chi connectivity index (χ2n) is 5.78. The van der Waals surface area contributed by atoms with Crippen molar-refractivity contribution in [3.05, 3.63) is 53.3 Å². The zero-order valence-electron chi connectivity index (χ0n) is 14.8. The molecular formula is C19H21N3O4. The molecule has 136 valence electrons. The summed E-state index contributed by atoms with van der Waals surface area (Å²) in [5, 5.41) is 2.81. The number of rotatable bonds is 6. The number of nitrogens with one attached hydrogen (secondary N) is 1. The fourth-order valence-electron chi connectivity index (χ4n) is 2.70. The Balaban J connectivity index is 1.66. The number of pyridine rings is 1. The van der Waals surface area contributed by atoms with Crippen LogP contribution < -0.4 is 14.8 Å². The SMILES string of the molecule is CCN(CC)C(=O)c1ccnc(C(=O)NCc2ccc3c(c2)OCO3)c1. The summed E-state index contributed by atoms with van der Waals surface area (Å²) in [5.74, 6) is 0.921. The molecule has 3 rings (SSSR count). The lowest BCUT2D eigenvalue weighted by Gasteiger charge is -2.18. The van der Waals surface area contributed by atoms with Gasteiger partial charge in [-0.3, -0.25) is 14.6 Å². The Kier molecular flexibility index (Phi) is 5.36. The maximum atomic E-state index is 12.4. The maximum Gasteiger partial charge on any atom is 0.270 e. The van der Waals surface area contributed by atoms with Gasteiger partial charge in [-0.05, 0) is 43.7 Å². The van der Waals surface area contributed by atoms with Crippen molar-refractivity contribution in [3.63, 3.8) is 0 Å². The molecule has 1 aliphatic heterocycles. The molecule has 2 amide bonds. The van der Waals surface area contributed by atoms with Crippen molar-refractivity contribution >= 4 is 11.8 Å². The van der Waals surface area contributed by atoms with Crippen LogP contribution in [0.15, 0.2) is 36.5 Å². The molecular weight excluding hydrogens is 334 g/mol. The van der Waals surface area contributed by atoms with Gasteiger partial charge in [-0.15, -0.1) is 0 Å². The molecule has 1 N–H and O–H groups in total. The fourth-order valence-corrected chi connectivity index (χ4v) is 2.70. The first-order valence-corrected chi connectivity index (χ1v) is 8.54. The van der Waals surface area contributed by atoms with Crippen molar-refractivity contribution in [1.82, 2.24) is 15.2 Å². The van der Waals surface area contributed by atoms with Gasteiger partial charge < -0.3 is 19.7 Å². The molecule has 2 heterocycles. The smallest absolute Gasteiger partial charge is 0.270 e. The summed E-state index contributed by atoms with van der Waals surface area (Å²) in [6.45, 7) is 5.60. The van der Waals surface area contributed by atoms with Crippen LogP contribution in [-0.2, 0) is 6.54 Å². The Hall–Kier alpha value is -3.09. The van der Waals surface area contributed by atoms with Crippen LogP contribution in [-0.4, -0.2) is 41.6 Å². The molecule has 0 saturated heterocycles. The van der Waals surface area contributed by atoms with Gasteiger partial charge in [0.1, 0.15) is 5.69 Å². The van der Waals surface area contributed by atoms with Gasteiger partial charge in [0.2, 0.25) is 6.79 Å². The first kappa shape index (κ1) is 17.7. The van der Waals surface area contributed by atoms with E-state index >= 15 is 0 Å². The number of carbonyl (C=O) groups excluding carboxylic acids is 2. The second-order valence-corrected chi connectivity index (χ2v) is 5.78. The van der Waals surface area contributed by atoms with Gasteiger partial charge >= 0.3 is 0 Å². The standard InChI is InChI=1S/C19H21N3O4/c1-3-22(4-2)19(24)14-7-8-20-15(10-14)18(23)21-11-13-5-6-16-17(9-13)26-12-25-16/h5-10H,3-4,11-12H2,1-2H3,(H,21,23). The van der Waals surface area contributed by atoms with Crippen LogP contribution in [0.1, 0.15) is 40.3 Å². The van der Waals surface area contributed by atoms with E-state index in [9.17, 15) is 9.59 Å². The molecule has 1 aromatic heterocycles. The lowest BCUT2D eigenvalue weighted by molar-refractivity contribution is 0.0773. The number of amides is 2. The highest BCUT2D eigenvalue weighted by Crippen LogP contribution is 2.32. The molecule has 1 aromatic carbocycles. The van der Waals surface area contributed by atoms with Crippen molar-refractivity contribution in [2.24, 2.45) is 0 Å². The average molecular weight is 355 g/mol. The summed E-state index contributed by atoms with van der Waals surface area (Å²) in [6.07, 6.45) is 1.48. The zero-order chi connectivity index (χ0) is 18.5. The van der Waals surface area contributed by atoms with Crippen molar-refractivity contribution in [2.45, 2.75) is 20.4 Å². The normalized spacial score (nSPS) is 11.9. The molecule has 0 unspecified atom stereocenters. The summed E-state index contributed by atoms with van der Waals surface area (Å²) in [7, 11) is 0. The predicted molar refractivity (Wildman–Crippen MR) is 95.2 cm³/mol. The average Bonchev–Trinajstić information content (AvgIpc) is 3.15. The summed E-state index contributed by atoms with van der Waals surface area (Å²) in [6, 6.07) is 8.65. The van der Waals surface area contributed by atoms with Gasteiger partial charge in [-0.1, -0.05) is 6.07 Å². The van der Waals surface area contributed by atoms with E-state index in [1.165, 1.54) is 12.3 Å². The van der Waals surface area contributed by atoms with Crippen LogP contribution in [0.25, 0.3) is 0 Å². The molecule has 0 bridgehead atoms. The van der Waals surface area contributed by atoms with Gasteiger partial charge in [-0.2, -0.15) is 0 Å². The maximum absolute atomic E-state index is 12.4. The predicted octanol–water partition coefficient (Wildman–Crippen LogP) is 2.22. The molecule has 0 aliphatic carbocycles. The minimum absolute atomic E-state index is 0.109. The number of fused-ring (bicyclic) bond motifs is 1. The molecule has 0 fully saturated rings. The third-order valence-corrected chi connectivity index (χ3v) is 4.18. The second kappa shape index (κ2) is 7.86. The molecule has 0 saturated carbocycles. The molecule has 7 nitrogen and oxygen atoms in total. The van der Waals surface area contributed by atoms with Crippen LogP contribution in [0.4, 0.5) is 0 Å². The van der Waals surface area contributed by atoms with E-state index in [2.05, 4.69) is 10.3 Å². The van der Waals surface area contributed by atoms with Gasteiger partial charge in [-0.25, -0.2) is 0 Å². The third-order valence-electron chi connectivity index (χ3n) is 4.18. The van der Waals surface area contributed by atoms with E-state index in [1.54, 1.807) is 11.0 Å². The first-order chi connectivity index (χ1) is 12.6. The van der Waals surface area contributed by atoms with E-state index in [-0.39, 0.29) is 24.3 Å². The van der Waals surface area contributed by atoms with Crippen molar-refractivity contribution in [1.29, 1.82) is 0 Å². The highest BCUT2D eigenvalue weighted by molar-refractivity contribution is 5.98. The lowest BCUT2D eigenvalue weighted by Crippen LogP contribution is -2.31. The number of ether oxygens (including phenoxy) is 2. The number of hydrogen-bond acceptors (Lipinski definition) is 5. The number of aromatic nitrogens is 1. The molecule has 1 aliphatic rings. The lowest BCUT2D eigenvalue weighted by atomic mass is 10.1. The van der Waals surface area contributed by atoms with Gasteiger partial charge in [0.05, 0.1) is 0 Å². The Morgan fingerprint density at radius 1 is 1.12 bits per heavy atom. The fraction of sp³-hybridized carbons (Fsp3) is 0.316. The Bertz CT molecular complexity index is 818. The Labute approximate surface area is 151 Å². The van der Waals surface area contributed by atoms with Crippen molar-refractivity contribution in [2.75, 3.05) is 19.9 Å². The summed E-state index contributed by atoms with van der Waals surface area (Å²) in [4.78, 5) is 30.6. The van der Waals surface area contributed by atoms with Crippen LogP contribution in [0.2, 0.25) is 0 Å². The third kappa shape index (κ3) is 3.77. The van der Waals surface area contributed by atoms with E-state index < -0.39 is 0 Å². The minimum atomic E-state index is -0.336. The molecule has 26 heavy (non-hydrogen) atoms. The largest absolute Gasteiger partial charge is 0.454 e. The number of nitrogens with zero attached hydrogens (tertiary/aromatic N) is 2. The Morgan fingerprint density at radius 3 is 2.65 bits per heavy atom. The van der Waals surface area contributed by atoms with Gasteiger partial charge in [0.15, 0.2) is 11.5 Å². The highest BCUT2D eigenvalue weighted by Gasteiger charge is 2.16. The van der Waals surface area contributed by atoms with E-state index in [1.807, 2.05) is 32.0 Å². The molecule has 2 aromatic rings. The summed E-state index contributed by atoms with van der Waals surface area (Å²) < 4.78 is 10.6. The van der Waals surface area contributed by atoms with Crippen LogP contribution in [0, 0.1) is 0 Å². The number of benzene rings is 1. The highest BCUT2D eigenvalue weighted by atomic mass is 16.7. The van der Waals surface area contributed by atoms with Crippen LogP contribution in [0.3, 0.4) is 0 Å². The Morgan fingerprint density at radius 2 is 1.88 bits per heavy atom. The molecule has 0 atom stereocenters. The minimum Gasteiger partial charge on any atom is -0.454 e. The number of carbonyl (C=O) groups is 2.